The predicted molar refractivity (Wildman–Crippen MR) is 140 cm³/mol. The van der Waals surface area contributed by atoms with Crippen molar-refractivity contribution in [1.29, 1.82) is 0 Å². The third-order valence-corrected chi connectivity index (χ3v) is 6.96. The van der Waals surface area contributed by atoms with Gasteiger partial charge in [-0.1, -0.05) is 41.9 Å². The van der Waals surface area contributed by atoms with Crippen LogP contribution in [0, 0.1) is 0 Å². The molecule has 4 heterocycles. The number of aromatic nitrogens is 4. The molecule has 1 aromatic carbocycles. The van der Waals surface area contributed by atoms with E-state index >= 15 is 0 Å². The Balaban J connectivity index is 1.41. The zero-order chi connectivity index (χ0) is 24.2. The summed E-state index contributed by atoms with van der Waals surface area (Å²) in [6.45, 7) is 3.52. The maximum Gasteiger partial charge on any atom is 0.233 e. The number of likely N-dealkylation sites (N-methyl/N-ethyl adjacent to an activating group) is 1. The Morgan fingerprint density at radius 3 is 2.57 bits per heavy atom. The number of pyridine rings is 1. The first-order valence-electron chi connectivity index (χ1n) is 11.3. The largest absolute Gasteiger partial charge is 0.338 e. The molecular weight excluding hydrogens is 482 g/mol. The molecule has 0 radical (unpaired) electrons. The van der Waals surface area contributed by atoms with Gasteiger partial charge < -0.3 is 15.1 Å². The molecule has 3 aromatic heterocycles. The number of hydrogen-bond acceptors (Lipinski definition) is 9. The highest BCUT2D eigenvalue weighted by molar-refractivity contribution is 7.19. The topological polar surface area (TPSA) is 87.1 Å². The van der Waals surface area contributed by atoms with Crippen LogP contribution in [0.4, 0.5) is 17.7 Å². The van der Waals surface area contributed by atoms with Gasteiger partial charge in [-0.2, -0.15) is 15.0 Å². The monoisotopic (exact) mass is 505 g/mol. The van der Waals surface area contributed by atoms with Gasteiger partial charge in [0.25, 0.3) is 0 Å². The fourth-order valence-electron chi connectivity index (χ4n) is 3.78. The first-order valence-corrected chi connectivity index (χ1v) is 12.5. The van der Waals surface area contributed by atoms with E-state index in [2.05, 4.69) is 37.1 Å². The molecule has 8 nitrogen and oxygen atoms in total. The molecule has 1 aliphatic heterocycles. The van der Waals surface area contributed by atoms with E-state index in [1.807, 2.05) is 42.5 Å². The second-order valence-corrected chi connectivity index (χ2v) is 10.0. The lowest BCUT2D eigenvalue weighted by molar-refractivity contribution is 0.0993. The summed E-state index contributed by atoms with van der Waals surface area (Å²) in [7, 11) is 2.11. The number of hydrogen-bond donors (Lipinski definition) is 1. The molecule has 4 aromatic rings. The summed E-state index contributed by atoms with van der Waals surface area (Å²) in [6, 6.07) is 16.9. The number of Topliss-reactive ketones (excluding diaryl/α,β-unsaturated/α-hetero) is 1. The number of carbonyl (C=O) groups excluding carboxylic acids is 1. The van der Waals surface area contributed by atoms with Crippen molar-refractivity contribution in [3.63, 3.8) is 0 Å². The Labute approximate surface area is 212 Å². The number of carbonyl (C=O) groups is 1. The lowest BCUT2D eigenvalue weighted by Gasteiger charge is -2.32. The number of nitrogens with one attached hydrogen (secondary N) is 1. The molecule has 1 fully saturated rings. The Hall–Kier alpha value is -3.40. The van der Waals surface area contributed by atoms with Gasteiger partial charge in [0, 0.05) is 44.4 Å². The highest BCUT2D eigenvalue weighted by Gasteiger charge is 2.20. The van der Waals surface area contributed by atoms with Gasteiger partial charge in [0.05, 0.1) is 9.21 Å². The fourth-order valence-corrected chi connectivity index (χ4v) is 4.76. The van der Waals surface area contributed by atoms with Crippen molar-refractivity contribution in [2.45, 2.75) is 6.42 Å². The molecule has 0 spiro atoms. The zero-order valence-electron chi connectivity index (χ0n) is 19.2. The van der Waals surface area contributed by atoms with Crippen molar-refractivity contribution in [2.75, 3.05) is 43.4 Å². The maximum atomic E-state index is 12.8. The predicted octanol–water partition coefficient (Wildman–Crippen LogP) is 4.57. The molecule has 0 atom stereocenters. The van der Waals surface area contributed by atoms with Crippen LogP contribution in [0.25, 0.3) is 10.7 Å². The van der Waals surface area contributed by atoms with Gasteiger partial charge in [0.15, 0.2) is 11.6 Å². The van der Waals surface area contributed by atoms with E-state index in [9.17, 15) is 4.79 Å². The van der Waals surface area contributed by atoms with Crippen molar-refractivity contribution < 1.29 is 4.79 Å². The molecule has 35 heavy (non-hydrogen) atoms. The summed E-state index contributed by atoms with van der Waals surface area (Å²) < 4.78 is 0.669. The second-order valence-electron chi connectivity index (χ2n) is 8.32. The number of nitrogens with zero attached hydrogens (tertiary/aromatic N) is 6. The fraction of sp³-hybridized carbons (Fsp3) is 0.240. The molecule has 0 amide bonds. The summed E-state index contributed by atoms with van der Waals surface area (Å²) in [5.41, 5.74) is 1.54. The van der Waals surface area contributed by atoms with E-state index < -0.39 is 0 Å². The molecular formula is C25H24ClN7OS. The Morgan fingerprint density at radius 1 is 1.03 bits per heavy atom. The number of thiophene rings is 1. The molecule has 178 valence electrons. The molecule has 1 N–H and O–H groups in total. The van der Waals surface area contributed by atoms with Crippen LogP contribution in [-0.2, 0) is 6.42 Å². The van der Waals surface area contributed by atoms with Crippen LogP contribution >= 0.6 is 22.9 Å². The Morgan fingerprint density at radius 2 is 1.83 bits per heavy atom. The summed E-state index contributed by atoms with van der Waals surface area (Å²) in [5, 5.41) is 3.18. The molecule has 10 heteroatoms. The highest BCUT2D eigenvalue weighted by Crippen LogP contribution is 2.30. The minimum Gasteiger partial charge on any atom is -0.338 e. The van der Waals surface area contributed by atoms with E-state index in [-0.39, 0.29) is 5.78 Å². The smallest absolute Gasteiger partial charge is 0.233 e. The number of piperazine rings is 1. The van der Waals surface area contributed by atoms with Crippen LogP contribution in [0.15, 0.2) is 60.8 Å². The van der Waals surface area contributed by atoms with Crippen LogP contribution in [0.5, 0.6) is 0 Å². The Kier molecular flexibility index (Phi) is 6.98. The summed E-state index contributed by atoms with van der Waals surface area (Å²) >= 11 is 7.58. The minimum absolute atomic E-state index is 0.0179. The van der Waals surface area contributed by atoms with E-state index in [0.717, 1.165) is 36.6 Å². The summed E-state index contributed by atoms with van der Waals surface area (Å²) in [5.74, 6) is 2.03. The SMILES string of the molecule is CN1CCN(c2nc(Nc3cc(C(=O)Cc4ccccc4)ccn3)nc(-c3ccc(Cl)s3)n2)CC1. The third kappa shape index (κ3) is 5.82. The van der Waals surface area contributed by atoms with Crippen molar-refractivity contribution in [2.24, 2.45) is 0 Å². The number of anilines is 3. The van der Waals surface area contributed by atoms with Gasteiger partial charge in [0.1, 0.15) is 5.82 Å². The molecule has 5 rings (SSSR count). The number of rotatable bonds is 7. The van der Waals surface area contributed by atoms with Gasteiger partial charge in [-0.15, -0.1) is 11.3 Å². The quantitative estimate of drug-likeness (QED) is 0.365. The maximum absolute atomic E-state index is 12.8. The van der Waals surface area contributed by atoms with Gasteiger partial charge >= 0.3 is 0 Å². The average molecular weight is 506 g/mol. The molecule has 1 saturated heterocycles. The van der Waals surface area contributed by atoms with E-state index in [1.54, 1.807) is 18.3 Å². The zero-order valence-corrected chi connectivity index (χ0v) is 20.8. The standard InChI is InChI=1S/C25H24ClN7OS/c1-32-11-13-33(14-12-32)25-30-23(20-7-8-21(26)35-20)29-24(31-25)28-22-16-18(9-10-27-22)19(34)15-17-5-3-2-4-6-17/h2-10,16H,11-15H2,1H3,(H,27,28,29,30,31). The first-order chi connectivity index (χ1) is 17.0. The van der Waals surface area contributed by atoms with Crippen LogP contribution in [0.3, 0.4) is 0 Å². The summed E-state index contributed by atoms with van der Waals surface area (Å²) in [4.78, 5) is 36.5. The average Bonchev–Trinajstić information content (AvgIpc) is 3.31. The normalized spacial score (nSPS) is 14.2. The van der Waals surface area contributed by atoms with Crippen molar-refractivity contribution in [3.8, 4) is 10.7 Å². The van der Waals surface area contributed by atoms with E-state index in [1.165, 1.54) is 11.3 Å². The molecule has 0 bridgehead atoms. The first kappa shape index (κ1) is 23.3. The van der Waals surface area contributed by atoms with E-state index in [4.69, 9.17) is 16.6 Å². The molecule has 0 saturated carbocycles. The van der Waals surface area contributed by atoms with E-state index in [0.29, 0.717) is 39.9 Å². The number of ketones is 1. The van der Waals surface area contributed by atoms with Gasteiger partial charge in [0.2, 0.25) is 11.9 Å². The van der Waals surface area contributed by atoms with Gasteiger partial charge in [-0.05, 0) is 36.9 Å². The van der Waals surface area contributed by atoms with Crippen LogP contribution in [0.1, 0.15) is 15.9 Å². The molecule has 0 aliphatic carbocycles. The lowest BCUT2D eigenvalue weighted by Crippen LogP contribution is -2.45. The van der Waals surface area contributed by atoms with Crippen LogP contribution in [-0.4, -0.2) is 63.8 Å². The van der Waals surface area contributed by atoms with Crippen LogP contribution in [0.2, 0.25) is 4.34 Å². The second kappa shape index (κ2) is 10.5. The molecule has 1 aliphatic rings. The lowest BCUT2D eigenvalue weighted by atomic mass is 10.0. The highest BCUT2D eigenvalue weighted by atomic mass is 35.5. The van der Waals surface area contributed by atoms with Gasteiger partial charge in [-0.25, -0.2) is 4.98 Å². The van der Waals surface area contributed by atoms with Crippen molar-refractivity contribution >= 4 is 46.4 Å². The Bertz CT molecular complexity index is 1320. The number of benzene rings is 1. The number of halogens is 1. The van der Waals surface area contributed by atoms with Crippen molar-refractivity contribution in [1.82, 2.24) is 24.8 Å². The van der Waals surface area contributed by atoms with Crippen molar-refractivity contribution in [3.05, 3.63) is 76.3 Å². The minimum atomic E-state index is 0.0179. The summed E-state index contributed by atoms with van der Waals surface area (Å²) in [6.07, 6.45) is 1.94. The molecule has 0 unspecified atom stereocenters. The third-order valence-electron chi connectivity index (χ3n) is 5.73. The van der Waals surface area contributed by atoms with Gasteiger partial charge in [-0.3, -0.25) is 4.79 Å². The van der Waals surface area contributed by atoms with Crippen LogP contribution < -0.4 is 10.2 Å².